The number of hydrogen-bond acceptors (Lipinski definition) is 5. The Bertz CT molecular complexity index is 1110. The van der Waals surface area contributed by atoms with Gasteiger partial charge in [0.1, 0.15) is 18.1 Å². The van der Waals surface area contributed by atoms with Crippen LogP contribution in [0.4, 0.5) is 0 Å². The summed E-state index contributed by atoms with van der Waals surface area (Å²) >= 11 is 0. The number of carbonyl (C=O) groups excluding carboxylic acids is 3. The van der Waals surface area contributed by atoms with Gasteiger partial charge in [0, 0.05) is 5.41 Å². The van der Waals surface area contributed by atoms with Gasteiger partial charge >= 0.3 is 5.97 Å². The van der Waals surface area contributed by atoms with Crippen molar-refractivity contribution in [3.63, 3.8) is 0 Å². The minimum absolute atomic E-state index is 0.0514. The van der Waals surface area contributed by atoms with Crippen molar-refractivity contribution >= 4 is 17.5 Å². The van der Waals surface area contributed by atoms with E-state index in [-0.39, 0.29) is 18.3 Å². The summed E-state index contributed by atoms with van der Waals surface area (Å²) in [5.74, 6) is -0.665. The average Bonchev–Trinajstić information content (AvgIpc) is 3.13. The van der Waals surface area contributed by atoms with Gasteiger partial charge in [0.05, 0.1) is 12.5 Å². The Morgan fingerprint density at radius 1 is 1.09 bits per heavy atom. The van der Waals surface area contributed by atoms with Crippen molar-refractivity contribution in [3.05, 3.63) is 65.2 Å². The number of carbonyl (C=O) groups is 3. The second-order valence-electron chi connectivity index (χ2n) is 10.2. The Labute approximate surface area is 200 Å². The number of hydrogen-bond donors (Lipinski definition) is 0. The molecule has 5 rings (SSSR count). The Kier molecular flexibility index (Phi) is 6.05. The van der Waals surface area contributed by atoms with Crippen LogP contribution in [0.1, 0.15) is 62.1 Å². The van der Waals surface area contributed by atoms with Gasteiger partial charge in [-0.15, -0.1) is 0 Å². The Hall–Kier alpha value is -2.95. The standard InChI is InChI=1S/C29H32O5/c1-3-33-28(32)26(30)24-16-25-23-11-9-19-15-20(34-17-18-7-5-4-6-8-18)10-12-21(19)22(23)13-14-29(25,2)27(24)31/h4-8,10,12,15,22-25H,3,9,11,13-14,16-17H2,1-2H3. The SMILES string of the molecule is CCOC(=O)C(=O)C1CC2C3CCc4cc(OCc5ccccc5)ccc4C3CCC2(C)C1=O. The van der Waals surface area contributed by atoms with Gasteiger partial charge in [0.15, 0.2) is 0 Å². The van der Waals surface area contributed by atoms with Crippen LogP contribution in [-0.2, 0) is 32.1 Å². The lowest BCUT2D eigenvalue weighted by Crippen LogP contribution is -2.43. The van der Waals surface area contributed by atoms with E-state index in [9.17, 15) is 14.4 Å². The number of ether oxygens (including phenoxy) is 2. The Balaban J connectivity index is 1.33. The molecule has 2 aromatic carbocycles. The van der Waals surface area contributed by atoms with Gasteiger partial charge in [0.2, 0.25) is 5.78 Å². The van der Waals surface area contributed by atoms with E-state index in [4.69, 9.17) is 9.47 Å². The molecule has 0 saturated heterocycles. The molecular weight excluding hydrogens is 428 g/mol. The van der Waals surface area contributed by atoms with Crippen molar-refractivity contribution < 1.29 is 23.9 Å². The number of esters is 1. The first kappa shape index (κ1) is 22.8. The van der Waals surface area contributed by atoms with Crippen molar-refractivity contribution in [2.75, 3.05) is 6.61 Å². The summed E-state index contributed by atoms with van der Waals surface area (Å²) in [7, 11) is 0. The molecule has 0 spiro atoms. The molecule has 0 bridgehead atoms. The molecule has 0 aliphatic heterocycles. The van der Waals surface area contributed by atoms with E-state index < -0.39 is 23.1 Å². The minimum Gasteiger partial charge on any atom is -0.489 e. The molecule has 3 aliphatic carbocycles. The van der Waals surface area contributed by atoms with Crippen molar-refractivity contribution in [2.24, 2.45) is 23.2 Å². The van der Waals surface area contributed by atoms with Crippen molar-refractivity contribution in [3.8, 4) is 5.75 Å². The molecule has 0 N–H and O–H groups in total. The van der Waals surface area contributed by atoms with E-state index in [1.165, 1.54) is 11.1 Å². The molecular formula is C29H32O5. The van der Waals surface area contributed by atoms with Gasteiger partial charge in [-0.2, -0.15) is 0 Å². The van der Waals surface area contributed by atoms with E-state index in [2.05, 4.69) is 30.3 Å². The van der Waals surface area contributed by atoms with Crippen LogP contribution in [0.3, 0.4) is 0 Å². The number of ketones is 2. The fourth-order valence-corrected chi connectivity index (χ4v) is 6.78. The van der Waals surface area contributed by atoms with Crippen molar-refractivity contribution in [1.82, 2.24) is 0 Å². The van der Waals surface area contributed by atoms with Gasteiger partial charge in [0.25, 0.3) is 0 Å². The van der Waals surface area contributed by atoms with E-state index in [0.29, 0.717) is 24.9 Å². The monoisotopic (exact) mass is 460 g/mol. The molecule has 2 fully saturated rings. The zero-order valence-corrected chi connectivity index (χ0v) is 19.9. The highest BCUT2D eigenvalue weighted by Gasteiger charge is 2.60. The molecule has 2 aromatic rings. The van der Waals surface area contributed by atoms with Crippen LogP contribution in [-0.4, -0.2) is 24.1 Å². The van der Waals surface area contributed by atoms with E-state index >= 15 is 0 Å². The number of rotatable bonds is 6. The van der Waals surface area contributed by atoms with Crippen LogP contribution in [0, 0.1) is 23.2 Å². The van der Waals surface area contributed by atoms with Crippen LogP contribution < -0.4 is 4.74 Å². The second-order valence-corrected chi connectivity index (χ2v) is 10.2. The average molecular weight is 461 g/mol. The summed E-state index contributed by atoms with van der Waals surface area (Å²) in [4.78, 5) is 38.1. The smallest absolute Gasteiger partial charge is 0.375 e. The first-order chi connectivity index (χ1) is 16.4. The maximum Gasteiger partial charge on any atom is 0.375 e. The predicted octanol–water partition coefficient (Wildman–Crippen LogP) is 5.05. The summed E-state index contributed by atoms with van der Waals surface area (Å²) in [5, 5.41) is 0. The Morgan fingerprint density at radius 2 is 1.88 bits per heavy atom. The summed E-state index contributed by atoms with van der Waals surface area (Å²) in [5.41, 5.74) is 3.31. The number of benzene rings is 2. The number of aryl methyl sites for hydroxylation is 1. The third-order valence-electron chi connectivity index (χ3n) is 8.50. The van der Waals surface area contributed by atoms with Gasteiger partial charge in [-0.1, -0.05) is 43.3 Å². The normalized spacial score (nSPS) is 29.5. The van der Waals surface area contributed by atoms with E-state index in [0.717, 1.165) is 37.0 Å². The molecule has 34 heavy (non-hydrogen) atoms. The topological polar surface area (TPSA) is 69.7 Å². The summed E-state index contributed by atoms with van der Waals surface area (Å²) in [6.07, 6.45) is 4.10. The third kappa shape index (κ3) is 3.85. The maximum atomic E-state index is 13.3. The molecule has 5 nitrogen and oxygen atoms in total. The van der Waals surface area contributed by atoms with Gasteiger partial charge in [-0.3, -0.25) is 9.59 Å². The quantitative estimate of drug-likeness (QED) is 0.343. The van der Waals surface area contributed by atoms with Gasteiger partial charge in [-0.25, -0.2) is 4.79 Å². The molecule has 178 valence electrons. The fraction of sp³-hybridized carbons (Fsp3) is 0.483. The van der Waals surface area contributed by atoms with Crippen LogP contribution in [0.2, 0.25) is 0 Å². The lowest BCUT2D eigenvalue weighted by Gasteiger charge is -2.48. The molecule has 2 saturated carbocycles. The van der Waals surface area contributed by atoms with Crippen molar-refractivity contribution in [1.29, 1.82) is 0 Å². The molecule has 0 amide bonds. The van der Waals surface area contributed by atoms with Gasteiger partial charge < -0.3 is 9.47 Å². The molecule has 5 atom stereocenters. The number of fused-ring (bicyclic) bond motifs is 5. The minimum atomic E-state index is -0.864. The zero-order chi connectivity index (χ0) is 23.9. The molecule has 5 unspecified atom stereocenters. The van der Waals surface area contributed by atoms with Crippen LogP contribution >= 0.6 is 0 Å². The first-order valence-electron chi connectivity index (χ1n) is 12.5. The highest BCUT2D eigenvalue weighted by Crippen LogP contribution is 2.61. The molecule has 0 aromatic heterocycles. The number of Topliss-reactive ketones (excluding diaryl/α,β-unsaturated/α-hetero) is 2. The molecule has 0 radical (unpaired) electrons. The largest absolute Gasteiger partial charge is 0.489 e. The highest BCUT2D eigenvalue weighted by molar-refractivity contribution is 6.39. The molecule has 0 heterocycles. The second kappa shape index (κ2) is 9.01. The maximum absolute atomic E-state index is 13.3. The summed E-state index contributed by atoms with van der Waals surface area (Å²) in [6.45, 7) is 4.38. The summed E-state index contributed by atoms with van der Waals surface area (Å²) < 4.78 is 11.0. The van der Waals surface area contributed by atoms with Gasteiger partial charge in [-0.05, 0) is 85.6 Å². The fourth-order valence-electron chi connectivity index (χ4n) is 6.78. The Morgan fingerprint density at radius 3 is 2.65 bits per heavy atom. The predicted molar refractivity (Wildman–Crippen MR) is 127 cm³/mol. The van der Waals surface area contributed by atoms with Crippen LogP contribution in [0.5, 0.6) is 5.75 Å². The van der Waals surface area contributed by atoms with E-state index in [1.54, 1.807) is 6.92 Å². The van der Waals surface area contributed by atoms with Crippen molar-refractivity contribution in [2.45, 2.75) is 58.5 Å². The first-order valence-corrected chi connectivity index (χ1v) is 12.5. The highest BCUT2D eigenvalue weighted by atomic mass is 16.5. The van der Waals surface area contributed by atoms with Crippen LogP contribution in [0.15, 0.2) is 48.5 Å². The molecule has 3 aliphatic rings. The lowest BCUT2D eigenvalue weighted by molar-refractivity contribution is -0.156. The van der Waals surface area contributed by atoms with Crippen LogP contribution in [0.25, 0.3) is 0 Å². The molecule has 5 heteroatoms. The zero-order valence-electron chi connectivity index (χ0n) is 19.9. The lowest BCUT2D eigenvalue weighted by atomic mass is 9.55. The summed E-state index contributed by atoms with van der Waals surface area (Å²) in [6, 6.07) is 16.6. The van der Waals surface area contributed by atoms with E-state index in [1.807, 2.05) is 25.1 Å². The third-order valence-corrected chi connectivity index (χ3v) is 8.50.